The Labute approximate surface area is 461 Å². The maximum absolute atomic E-state index is 12.6. The SMILES string of the molecule is CCCCCCCCCCCCCC/C=C\CCCCCCCCCCCCC(O)C(=O)NC(CO)C(O)C(O)CCC/C=C/CC/C=C/CC/C=C/CCCCCCCCCCCCCCCCCCCCC. The molecular formula is C68H129NO5. The fraction of sp³-hybridized carbons (Fsp3) is 0.868. The third kappa shape index (κ3) is 55.0. The molecule has 0 spiro atoms. The molecule has 74 heavy (non-hydrogen) atoms. The molecule has 0 aliphatic carbocycles. The standard InChI is InChI=1S/C68H129NO5/c1-3-5-7-9-11-13-15-17-19-21-23-25-27-29-31-32-33-34-35-36-38-39-41-43-45-47-49-51-53-55-57-59-61-65(71)67(73)64(63-70)69-68(74)66(72)62-60-58-56-54-52-50-48-46-44-42-40-37-30-28-26-24-22-20-18-16-14-12-10-8-6-4-2/h30,37-39,45,47,53,55,64-67,70-73H,3-29,31-36,40-44,46,48-52,54,56-63H2,1-2H3,(H,69,74)/b37-30-,39-38+,47-45+,55-53+. The van der Waals surface area contributed by atoms with Crippen LogP contribution in [0.2, 0.25) is 0 Å². The summed E-state index contributed by atoms with van der Waals surface area (Å²) in [7, 11) is 0. The number of carbonyl (C=O) groups excluding carboxylic acids is 1. The van der Waals surface area contributed by atoms with Crippen molar-refractivity contribution < 1.29 is 25.2 Å². The van der Waals surface area contributed by atoms with Crippen LogP contribution in [0.15, 0.2) is 48.6 Å². The zero-order chi connectivity index (χ0) is 53.7. The number of amides is 1. The number of hydrogen-bond acceptors (Lipinski definition) is 5. The molecule has 0 fully saturated rings. The van der Waals surface area contributed by atoms with Gasteiger partial charge in [0.1, 0.15) is 12.2 Å². The summed E-state index contributed by atoms with van der Waals surface area (Å²) >= 11 is 0. The highest BCUT2D eigenvalue weighted by molar-refractivity contribution is 5.80. The lowest BCUT2D eigenvalue weighted by atomic mass is 10.00. The van der Waals surface area contributed by atoms with Crippen LogP contribution in [0.5, 0.6) is 0 Å². The molecule has 0 aliphatic rings. The Balaban J connectivity index is 3.65. The second-order valence-corrected chi connectivity index (χ2v) is 22.8. The highest BCUT2D eigenvalue weighted by atomic mass is 16.3. The van der Waals surface area contributed by atoms with Crippen LogP contribution in [0.4, 0.5) is 0 Å². The number of nitrogens with one attached hydrogen (secondary N) is 1. The zero-order valence-electron chi connectivity index (χ0n) is 49.6. The van der Waals surface area contributed by atoms with E-state index in [1.54, 1.807) is 0 Å². The van der Waals surface area contributed by atoms with Gasteiger partial charge in [0, 0.05) is 0 Å². The quantitative estimate of drug-likeness (QED) is 0.0308. The summed E-state index contributed by atoms with van der Waals surface area (Å²) in [6.07, 6.45) is 80.8. The first-order valence-corrected chi connectivity index (χ1v) is 33.0. The van der Waals surface area contributed by atoms with E-state index in [2.05, 4.69) is 67.8 Å². The average Bonchev–Trinajstić information content (AvgIpc) is 3.41. The predicted octanol–water partition coefficient (Wildman–Crippen LogP) is 20.1. The molecule has 0 rings (SSSR count). The van der Waals surface area contributed by atoms with Gasteiger partial charge in [0.25, 0.3) is 0 Å². The van der Waals surface area contributed by atoms with Gasteiger partial charge in [-0.1, -0.05) is 306 Å². The van der Waals surface area contributed by atoms with Gasteiger partial charge in [0.05, 0.1) is 18.8 Å². The third-order valence-electron chi connectivity index (χ3n) is 15.5. The summed E-state index contributed by atoms with van der Waals surface area (Å²) < 4.78 is 0. The van der Waals surface area contributed by atoms with Crippen molar-refractivity contribution in [2.75, 3.05) is 6.61 Å². The Morgan fingerprint density at radius 1 is 0.324 bits per heavy atom. The van der Waals surface area contributed by atoms with E-state index in [1.165, 1.54) is 263 Å². The van der Waals surface area contributed by atoms with Crippen molar-refractivity contribution in [3.8, 4) is 0 Å². The van der Waals surface area contributed by atoms with Crippen LogP contribution in [-0.4, -0.2) is 57.3 Å². The van der Waals surface area contributed by atoms with Crippen molar-refractivity contribution in [1.82, 2.24) is 5.32 Å². The molecule has 0 saturated carbocycles. The number of unbranched alkanes of at least 4 members (excludes halogenated alkanes) is 44. The smallest absolute Gasteiger partial charge is 0.249 e. The average molecular weight is 1040 g/mol. The minimum atomic E-state index is -1.30. The first kappa shape index (κ1) is 72.3. The van der Waals surface area contributed by atoms with Crippen LogP contribution in [0.25, 0.3) is 0 Å². The molecule has 0 aliphatic heterocycles. The predicted molar refractivity (Wildman–Crippen MR) is 325 cm³/mol. The van der Waals surface area contributed by atoms with Gasteiger partial charge in [-0.2, -0.15) is 0 Å². The first-order valence-electron chi connectivity index (χ1n) is 33.0. The molecule has 6 nitrogen and oxygen atoms in total. The summed E-state index contributed by atoms with van der Waals surface area (Å²) in [4.78, 5) is 12.6. The molecule has 0 aromatic carbocycles. The summed E-state index contributed by atoms with van der Waals surface area (Å²) in [5.41, 5.74) is 0. The summed E-state index contributed by atoms with van der Waals surface area (Å²) in [6, 6.07) is -1.02. The van der Waals surface area contributed by atoms with Gasteiger partial charge in [-0.15, -0.1) is 0 Å². The lowest BCUT2D eigenvalue weighted by Gasteiger charge is -2.27. The largest absolute Gasteiger partial charge is 0.394 e. The van der Waals surface area contributed by atoms with Crippen molar-refractivity contribution in [2.45, 2.75) is 372 Å². The Morgan fingerprint density at radius 2 is 0.568 bits per heavy atom. The normalized spacial score (nSPS) is 13.9. The first-order chi connectivity index (χ1) is 36.5. The number of aliphatic hydroxyl groups excluding tert-OH is 4. The highest BCUT2D eigenvalue weighted by Crippen LogP contribution is 2.18. The molecule has 1 amide bonds. The van der Waals surface area contributed by atoms with Gasteiger partial charge >= 0.3 is 0 Å². The minimum Gasteiger partial charge on any atom is -0.394 e. The maximum Gasteiger partial charge on any atom is 0.249 e. The van der Waals surface area contributed by atoms with Crippen LogP contribution < -0.4 is 5.32 Å². The van der Waals surface area contributed by atoms with E-state index >= 15 is 0 Å². The Kier molecular flexibility index (Phi) is 60.7. The highest BCUT2D eigenvalue weighted by Gasteiger charge is 2.28. The van der Waals surface area contributed by atoms with E-state index in [9.17, 15) is 25.2 Å². The molecule has 4 unspecified atom stereocenters. The van der Waals surface area contributed by atoms with E-state index < -0.39 is 36.9 Å². The van der Waals surface area contributed by atoms with Crippen LogP contribution in [0, 0.1) is 0 Å². The zero-order valence-corrected chi connectivity index (χ0v) is 49.6. The lowest BCUT2D eigenvalue weighted by Crippen LogP contribution is -2.53. The number of hydrogen-bond donors (Lipinski definition) is 5. The Bertz CT molecular complexity index is 1210. The second-order valence-electron chi connectivity index (χ2n) is 22.8. The lowest BCUT2D eigenvalue weighted by molar-refractivity contribution is -0.132. The van der Waals surface area contributed by atoms with E-state index in [0.29, 0.717) is 19.3 Å². The molecule has 0 bridgehead atoms. The van der Waals surface area contributed by atoms with Crippen molar-refractivity contribution in [3.63, 3.8) is 0 Å². The van der Waals surface area contributed by atoms with Crippen LogP contribution in [0.1, 0.15) is 348 Å². The van der Waals surface area contributed by atoms with Crippen LogP contribution in [0.3, 0.4) is 0 Å². The summed E-state index contributed by atoms with van der Waals surface area (Å²) in [5.74, 6) is -0.597. The van der Waals surface area contributed by atoms with E-state index in [0.717, 1.165) is 51.4 Å². The van der Waals surface area contributed by atoms with E-state index in [1.807, 2.05) is 0 Å². The van der Waals surface area contributed by atoms with Crippen molar-refractivity contribution in [3.05, 3.63) is 48.6 Å². The number of aliphatic hydroxyl groups is 4. The molecule has 6 heteroatoms. The molecule has 0 aromatic heterocycles. The fourth-order valence-electron chi connectivity index (χ4n) is 10.3. The van der Waals surface area contributed by atoms with E-state index in [4.69, 9.17) is 0 Å². The van der Waals surface area contributed by atoms with Gasteiger partial charge in [-0.25, -0.2) is 0 Å². The molecule has 0 heterocycles. The Morgan fingerprint density at radius 3 is 0.851 bits per heavy atom. The maximum atomic E-state index is 12.6. The van der Waals surface area contributed by atoms with Crippen LogP contribution in [-0.2, 0) is 4.79 Å². The molecule has 0 saturated heterocycles. The van der Waals surface area contributed by atoms with Crippen LogP contribution >= 0.6 is 0 Å². The number of rotatable bonds is 61. The second kappa shape index (κ2) is 62.1. The van der Waals surface area contributed by atoms with Gasteiger partial charge < -0.3 is 25.7 Å². The third-order valence-corrected chi connectivity index (χ3v) is 15.5. The molecule has 4 atom stereocenters. The monoisotopic (exact) mass is 1040 g/mol. The summed E-state index contributed by atoms with van der Waals surface area (Å²) in [6.45, 7) is 4.08. The van der Waals surface area contributed by atoms with Crippen molar-refractivity contribution in [2.24, 2.45) is 0 Å². The van der Waals surface area contributed by atoms with Gasteiger partial charge in [0.2, 0.25) is 5.91 Å². The molecule has 0 radical (unpaired) electrons. The minimum absolute atomic E-state index is 0.357. The molecule has 0 aromatic rings. The fourth-order valence-corrected chi connectivity index (χ4v) is 10.3. The van der Waals surface area contributed by atoms with Crippen molar-refractivity contribution in [1.29, 1.82) is 0 Å². The van der Waals surface area contributed by atoms with Gasteiger partial charge in [-0.05, 0) is 89.9 Å². The summed E-state index contributed by atoms with van der Waals surface area (Å²) in [5, 5.41) is 44.1. The van der Waals surface area contributed by atoms with E-state index in [-0.39, 0.29) is 0 Å². The number of allylic oxidation sites excluding steroid dienone is 8. The number of carbonyl (C=O) groups is 1. The molecule has 436 valence electrons. The topological polar surface area (TPSA) is 110 Å². The molecular weight excluding hydrogens is 911 g/mol. The molecule has 5 N–H and O–H groups in total. The van der Waals surface area contributed by atoms with Gasteiger partial charge in [0.15, 0.2) is 0 Å². The van der Waals surface area contributed by atoms with Crippen molar-refractivity contribution >= 4 is 5.91 Å². The Hall–Kier alpha value is -1.73. The van der Waals surface area contributed by atoms with Gasteiger partial charge in [-0.3, -0.25) is 4.79 Å².